The molecule has 2 aromatic carbocycles. The molecule has 1 atom stereocenters. The Morgan fingerprint density at radius 2 is 1.59 bits per heavy atom. The summed E-state index contributed by atoms with van der Waals surface area (Å²) in [5, 5.41) is 0. The fraction of sp³-hybridized carbons (Fsp3) is 0.455. The van der Waals surface area contributed by atoms with Gasteiger partial charge in [0.25, 0.3) is 0 Å². The zero-order chi connectivity index (χ0) is 23.4. The normalized spacial score (nSPS) is 17.8. The van der Waals surface area contributed by atoms with Gasteiger partial charge in [-0.25, -0.2) is 21.6 Å². The Kier molecular flexibility index (Phi) is 7.81. The van der Waals surface area contributed by atoms with Crippen molar-refractivity contribution in [2.75, 3.05) is 27.3 Å². The molecule has 0 bridgehead atoms. The molecule has 0 saturated carbocycles. The second kappa shape index (κ2) is 10.2. The van der Waals surface area contributed by atoms with E-state index < -0.39 is 20.0 Å². The number of rotatable bonds is 9. The Morgan fingerprint density at radius 3 is 2.25 bits per heavy atom. The first-order chi connectivity index (χ1) is 15.2. The first kappa shape index (κ1) is 24.5. The van der Waals surface area contributed by atoms with Crippen molar-refractivity contribution in [2.45, 2.75) is 48.4 Å². The summed E-state index contributed by atoms with van der Waals surface area (Å²) in [6, 6.07) is 10.9. The van der Waals surface area contributed by atoms with Crippen LogP contribution in [0, 0.1) is 6.92 Å². The Morgan fingerprint density at radius 1 is 0.938 bits per heavy atom. The molecular formula is C22H30N2O6S2. The number of aryl methyl sites for hydroxylation is 1. The monoisotopic (exact) mass is 482 g/mol. The van der Waals surface area contributed by atoms with Crippen LogP contribution in [0.15, 0.2) is 52.3 Å². The van der Waals surface area contributed by atoms with E-state index in [2.05, 4.69) is 4.72 Å². The number of hydrogen-bond donors (Lipinski definition) is 1. The van der Waals surface area contributed by atoms with Crippen LogP contribution >= 0.6 is 0 Å². The van der Waals surface area contributed by atoms with E-state index in [0.717, 1.165) is 18.4 Å². The van der Waals surface area contributed by atoms with Crippen LogP contribution in [-0.4, -0.2) is 54.5 Å². The maximum absolute atomic E-state index is 13.2. The van der Waals surface area contributed by atoms with Crippen LogP contribution in [0.1, 0.15) is 31.2 Å². The van der Waals surface area contributed by atoms with Crippen molar-refractivity contribution < 1.29 is 26.3 Å². The molecule has 0 aliphatic carbocycles. The van der Waals surface area contributed by atoms with Crippen molar-refractivity contribution in [2.24, 2.45) is 0 Å². The fourth-order valence-electron chi connectivity index (χ4n) is 3.85. The third kappa shape index (κ3) is 5.43. The predicted molar refractivity (Wildman–Crippen MR) is 122 cm³/mol. The summed E-state index contributed by atoms with van der Waals surface area (Å²) in [5.41, 5.74) is 0.990. The highest BCUT2D eigenvalue weighted by molar-refractivity contribution is 7.89. The number of nitrogens with zero attached hydrogens (tertiary/aromatic N) is 1. The van der Waals surface area contributed by atoms with Crippen LogP contribution in [0.5, 0.6) is 11.5 Å². The summed E-state index contributed by atoms with van der Waals surface area (Å²) in [6.45, 7) is 2.47. The Labute approximate surface area is 190 Å². The zero-order valence-corrected chi connectivity index (χ0v) is 20.2. The molecule has 10 heteroatoms. The van der Waals surface area contributed by atoms with E-state index in [1.165, 1.54) is 36.7 Å². The quantitative estimate of drug-likeness (QED) is 0.590. The molecule has 0 amide bonds. The number of methoxy groups -OCH3 is 2. The molecule has 1 unspecified atom stereocenters. The number of sulfonamides is 2. The Bertz CT molecular complexity index is 1130. The number of hydrogen-bond acceptors (Lipinski definition) is 6. The molecule has 1 heterocycles. The van der Waals surface area contributed by atoms with E-state index in [1.54, 1.807) is 24.3 Å². The van der Waals surface area contributed by atoms with Gasteiger partial charge in [-0.05, 0) is 50.5 Å². The summed E-state index contributed by atoms with van der Waals surface area (Å²) in [6.07, 6.45) is 2.78. The van der Waals surface area contributed by atoms with E-state index in [-0.39, 0.29) is 22.4 Å². The van der Waals surface area contributed by atoms with Gasteiger partial charge in [0.1, 0.15) is 0 Å². The summed E-state index contributed by atoms with van der Waals surface area (Å²) >= 11 is 0. The molecular weight excluding hydrogens is 452 g/mol. The minimum absolute atomic E-state index is 0.0583. The molecule has 1 N–H and O–H groups in total. The minimum Gasteiger partial charge on any atom is -0.493 e. The number of benzene rings is 2. The molecule has 2 aromatic rings. The van der Waals surface area contributed by atoms with Gasteiger partial charge in [-0.3, -0.25) is 0 Å². The van der Waals surface area contributed by atoms with Gasteiger partial charge in [0.15, 0.2) is 11.5 Å². The highest BCUT2D eigenvalue weighted by Crippen LogP contribution is 2.30. The highest BCUT2D eigenvalue weighted by Gasteiger charge is 2.33. The van der Waals surface area contributed by atoms with E-state index in [4.69, 9.17) is 9.47 Å². The smallest absolute Gasteiger partial charge is 0.243 e. The summed E-state index contributed by atoms with van der Waals surface area (Å²) in [4.78, 5) is 0.323. The molecule has 1 saturated heterocycles. The summed E-state index contributed by atoms with van der Waals surface area (Å²) < 4.78 is 66.3. The zero-order valence-electron chi connectivity index (χ0n) is 18.6. The lowest BCUT2D eigenvalue weighted by Gasteiger charge is -2.34. The minimum atomic E-state index is -3.78. The topological polar surface area (TPSA) is 102 Å². The Hall–Kier alpha value is -2.14. The van der Waals surface area contributed by atoms with Gasteiger partial charge in [-0.2, -0.15) is 4.31 Å². The van der Waals surface area contributed by atoms with Gasteiger partial charge < -0.3 is 9.47 Å². The van der Waals surface area contributed by atoms with Crippen LogP contribution in [0.2, 0.25) is 0 Å². The third-order valence-corrected chi connectivity index (χ3v) is 9.06. The maximum Gasteiger partial charge on any atom is 0.243 e. The molecule has 1 fully saturated rings. The lowest BCUT2D eigenvalue weighted by atomic mass is 10.0. The highest BCUT2D eigenvalue weighted by atomic mass is 32.2. The molecule has 3 rings (SSSR count). The van der Waals surface area contributed by atoms with Gasteiger partial charge in [0.2, 0.25) is 20.0 Å². The van der Waals surface area contributed by atoms with E-state index in [0.29, 0.717) is 30.9 Å². The van der Waals surface area contributed by atoms with Crippen LogP contribution in [0.3, 0.4) is 0 Å². The maximum atomic E-state index is 13.2. The van der Waals surface area contributed by atoms with Gasteiger partial charge in [-0.1, -0.05) is 24.1 Å². The molecule has 176 valence electrons. The number of ether oxygens (including phenoxy) is 2. The van der Waals surface area contributed by atoms with E-state index in [9.17, 15) is 16.8 Å². The number of piperidine rings is 1. The largest absolute Gasteiger partial charge is 0.493 e. The van der Waals surface area contributed by atoms with Crippen LogP contribution in [-0.2, 0) is 20.0 Å². The standard InChI is InChI=1S/C22H30N2O6S2/c1-17-7-9-19(10-8-17)32(27,28)24-15-5-4-6-18(24)13-14-23-31(25,26)20-11-12-21(29-2)22(16-20)30-3/h7-12,16,18,23H,4-6,13-15H2,1-3H3. The number of nitrogens with one attached hydrogen (secondary N) is 1. The average molecular weight is 483 g/mol. The molecule has 8 nitrogen and oxygen atoms in total. The van der Waals surface area contributed by atoms with Gasteiger partial charge in [0.05, 0.1) is 24.0 Å². The van der Waals surface area contributed by atoms with Gasteiger partial charge in [0, 0.05) is 25.2 Å². The molecule has 0 radical (unpaired) electrons. The molecule has 1 aliphatic heterocycles. The van der Waals surface area contributed by atoms with E-state index in [1.807, 2.05) is 6.92 Å². The second-order valence-electron chi connectivity index (χ2n) is 7.78. The van der Waals surface area contributed by atoms with Crippen LogP contribution in [0.25, 0.3) is 0 Å². The molecule has 32 heavy (non-hydrogen) atoms. The summed E-state index contributed by atoms with van der Waals surface area (Å²) in [5.74, 6) is 0.753. The van der Waals surface area contributed by atoms with Crippen molar-refractivity contribution in [3.05, 3.63) is 48.0 Å². The van der Waals surface area contributed by atoms with Gasteiger partial charge in [-0.15, -0.1) is 0 Å². The second-order valence-corrected chi connectivity index (χ2v) is 11.4. The van der Waals surface area contributed by atoms with Crippen molar-refractivity contribution in [1.82, 2.24) is 9.03 Å². The van der Waals surface area contributed by atoms with Crippen molar-refractivity contribution in [3.63, 3.8) is 0 Å². The van der Waals surface area contributed by atoms with Crippen LogP contribution in [0.4, 0.5) is 0 Å². The van der Waals surface area contributed by atoms with Crippen LogP contribution < -0.4 is 14.2 Å². The molecule has 1 aliphatic rings. The summed E-state index contributed by atoms with van der Waals surface area (Å²) in [7, 11) is -4.50. The lowest BCUT2D eigenvalue weighted by Crippen LogP contribution is -2.45. The predicted octanol–water partition coefficient (Wildman–Crippen LogP) is 2.92. The Balaban J connectivity index is 1.70. The van der Waals surface area contributed by atoms with Gasteiger partial charge >= 0.3 is 0 Å². The fourth-order valence-corrected chi connectivity index (χ4v) is 6.64. The van der Waals surface area contributed by atoms with Crippen molar-refractivity contribution >= 4 is 20.0 Å². The SMILES string of the molecule is COc1ccc(S(=O)(=O)NCCC2CCCCN2S(=O)(=O)c2ccc(C)cc2)cc1OC. The first-order valence-electron chi connectivity index (χ1n) is 10.5. The third-order valence-electron chi connectivity index (χ3n) is 5.64. The average Bonchev–Trinajstić information content (AvgIpc) is 2.79. The lowest BCUT2D eigenvalue weighted by molar-refractivity contribution is 0.242. The molecule has 0 spiro atoms. The molecule has 0 aromatic heterocycles. The van der Waals surface area contributed by atoms with E-state index >= 15 is 0 Å². The van der Waals surface area contributed by atoms with Crippen molar-refractivity contribution in [1.29, 1.82) is 0 Å². The van der Waals surface area contributed by atoms with Crippen molar-refractivity contribution in [3.8, 4) is 11.5 Å². The first-order valence-corrected chi connectivity index (χ1v) is 13.4.